The Morgan fingerprint density at radius 1 is 1.18 bits per heavy atom. The van der Waals surface area contributed by atoms with Gasteiger partial charge in [0.15, 0.2) is 6.61 Å². The molecule has 0 spiro atoms. The minimum absolute atomic E-state index is 0.00266. The highest BCUT2D eigenvalue weighted by molar-refractivity contribution is 6.48. The van der Waals surface area contributed by atoms with Gasteiger partial charge < -0.3 is 24.7 Å². The van der Waals surface area contributed by atoms with Crippen molar-refractivity contribution in [2.24, 2.45) is 34.2 Å². The normalized spacial score (nSPS) is 26.7. The molecule has 5 rings (SSSR count). The van der Waals surface area contributed by atoms with Crippen LogP contribution < -0.4 is 31.5 Å². The Hall–Kier alpha value is -3.19. The van der Waals surface area contributed by atoms with Crippen molar-refractivity contribution in [1.29, 1.82) is 0 Å². The van der Waals surface area contributed by atoms with Gasteiger partial charge in [0.2, 0.25) is 5.91 Å². The van der Waals surface area contributed by atoms with Crippen molar-refractivity contribution in [2.45, 2.75) is 104 Å². The molecule has 0 radical (unpaired) electrons. The van der Waals surface area contributed by atoms with Crippen LogP contribution in [0.25, 0.3) is 0 Å². The zero-order valence-electron chi connectivity index (χ0n) is 27.0. The number of nitrogens with two attached hydrogens (primary N) is 1. The van der Waals surface area contributed by atoms with E-state index in [1.54, 1.807) is 0 Å². The molecule has 12 nitrogen and oxygen atoms in total. The van der Waals surface area contributed by atoms with Crippen LogP contribution in [0.5, 0.6) is 5.75 Å². The van der Waals surface area contributed by atoms with Crippen LogP contribution in [0.3, 0.4) is 0 Å². The van der Waals surface area contributed by atoms with Crippen LogP contribution in [-0.2, 0) is 25.3 Å². The van der Waals surface area contributed by atoms with Crippen LogP contribution >= 0.6 is 0 Å². The van der Waals surface area contributed by atoms with Gasteiger partial charge in [0.25, 0.3) is 5.91 Å². The molecule has 6 N–H and O–H groups in total. The number of benzene rings is 1. The van der Waals surface area contributed by atoms with Crippen molar-refractivity contribution in [2.75, 3.05) is 13.2 Å². The van der Waals surface area contributed by atoms with E-state index in [2.05, 4.69) is 67.9 Å². The number of aryl methyl sites for hydroxylation is 1. The number of ether oxygens (including phenoxy) is 1. The zero-order valence-corrected chi connectivity index (χ0v) is 27.0. The Kier molecular flexibility index (Phi) is 10.9. The van der Waals surface area contributed by atoms with E-state index < -0.39 is 24.7 Å². The lowest BCUT2D eigenvalue weighted by molar-refractivity contribution is -0.461. The fraction of sp³-hybridized carbons (Fsp3) is 0.710. The first-order valence-electron chi connectivity index (χ1n) is 16.0. The molecule has 6 atom stereocenters. The molecule has 44 heavy (non-hydrogen) atoms. The van der Waals surface area contributed by atoms with Gasteiger partial charge in [-0.1, -0.05) is 46.8 Å². The lowest BCUT2D eigenvalue weighted by Crippen LogP contribution is -2.78. The van der Waals surface area contributed by atoms with Gasteiger partial charge in [0.1, 0.15) is 17.1 Å². The summed E-state index contributed by atoms with van der Waals surface area (Å²) >= 11 is 0. The van der Waals surface area contributed by atoms with Crippen LogP contribution in [0, 0.1) is 28.1 Å². The third-order valence-electron chi connectivity index (χ3n) is 9.85. The highest BCUT2D eigenvalue weighted by Gasteiger charge is 2.68. The molecule has 0 aromatic heterocycles. The summed E-state index contributed by atoms with van der Waals surface area (Å²) in [6, 6.07) is 6.72. The van der Waals surface area contributed by atoms with Crippen LogP contribution in [-0.4, -0.2) is 61.7 Å². The van der Waals surface area contributed by atoms with Gasteiger partial charge in [-0.05, 0) is 86.3 Å². The third-order valence-corrected chi connectivity index (χ3v) is 9.85. The van der Waals surface area contributed by atoms with Crippen LogP contribution in [0.2, 0.25) is 0 Å². The number of nitroso groups, excluding NO2 is 1. The Morgan fingerprint density at radius 2 is 1.91 bits per heavy atom. The molecule has 1 heterocycles. The van der Waals surface area contributed by atoms with Crippen molar-refractivity contribution in [3.05, 3.63) is 34.7 Å². The molecular weight excluding hydrogens is 563 g/mol. The monoisotopic (exact) mass is 613 g/mol. The van der Waals surface area contributed by atoms with Gasteiger partial charge in [0.05, 0.1) is 24.2 Å². The van der Waals surface area contributed by atoms with Gasteiger partial charge in [-0.15, -0.1) is 10.3 Å². The fourth-order valence-corrected chi connectivity index (χ4v) is 7.19. The van der Waals surface area contributed by atoms with Crippen molar-refractivity contribution >= 4 is 24.9 Å². The van der Waals surface area contributed by atoms with Crippen molar-refractivity contribution < 1.29 is 28.6 Å². The van der Waals surface area contributed by atoms with Crippen molar-refractivity contribution in [3.63, 3.8) is 0 Å². The number of rotatable bonds is 15. The Bertz CT molecular complexity index is 1200. The summed E-state index contributed by atoms with van der Waals surface area (Å²) in [6.07, 6.45) is 4.46. The molecule has 4 fully saturated rings. The largest absolute Gasteiger partial charge is 0.484 e. The number of carbonyl (C=O) groups is 2. The van der Waals surface area contributed by atoms with E-state index in [1.165, 1.54) is 5.56 Å². The lowest BCUT2D eigenvalue weighted by Gasteiger charge is -2.64. The minimum atomic E-state index is -0.838. The highest BCUT2D eigenvalue weighted by Crippen LogP contribution is 2.65. The van der Waals surface area contributed by atoms with E-state index in [4.69, 9.17) is 19.8 Å². The molecule has 242 valence electrons. The number of hydrogen-bond donors (Lipinski definition) is 5. The second-order valence-corrected chi connectivity index (χ2v) is 13.7. The predicted molar refractivity (Wildman–Crippen MR) is 168 cm³/mol. The van der Waals surface area contributed by atoms with Crippen LogP contribution in [0.4, 0.5) is 0 Å². The smallest absolute Gasteiger partial charge is 0.481 e. The molecule has 1 saturated heterocycles. The van der Waals surface area contributed by atoms with Crippen molar-refractivity contribution in [1.82, 2.24) is 16.1 Å². The fourth-order valence-electron chi connectivity index (χ4n) is 7.19. The van der Waals surface area contributed by atoms with E-state index in [0.717, 1.165) is 19.3 Å². The summed E-state index contributed by atoms with van der Waals surface area (Å²) in [5.41, 5.74) is 8.72. The summed E-state index contributed by atoms with van der Waals surface area (Å²) in [5, 5.41) is 8.54. The third kappa shape index (κ3) is 7.72. The second-order valence-electron chi connectivity index (χ2n) is 13.7. The Balaban J connectivity index is 1.42. The quantitative estimate of drug-likeness (QED) is 0.0494. The zero-order chi connectivity index (χ0) is 32.1. The molecule has 3 saturated carbocycles. The molecule has 0 unspecified atom stereocenters. The minimum Gasteiger partial charge on any atom is -0.484 e. The number of nitrogens with one attached hydrogen (secondary N) is 4. The number of guanidine groups is 1. The Labute approximate surface area is 261 Å². The molecule has 1 aromatic rings. The molecule has 1 aliphatic heterocycles. The standard InChI is InChI=1S/C31H49BN6O6/c1-7-20-10-12-22(13-11-20)42-18-27(39)35-23(9-8-14-34-29(33)37-38-41)28(40)36-26(15-19(2)3)32-43-25-17-21-16-24(30(21,4)5)31(25,6)44-32/h10-13,19,21,23-26H,7-9,14-18H2,1-6H3,(H,35,39)(H,36,40)(H3,33,34,37,41)/p+1/t21-,23-,24-,25+,26-,31-/m0/s1. The average molecular weight is 614 g/mol. The highest BCUT2D eigenvalue weighted by atomic mass is 16.7. The summed E-state index contributed by atoms with van der Waals surface area (Å²) in [7, 11) is -0.574. The van der Waals surface area contributed by atoms with Gasteiger partial charge in [0, 0.05) is 0 Å². The summed E-state index contributed by atoms with van der Waals surface area (Å²) in [4.78, 5) is 39.9. The number of nitrogens with zero attached hydrogens (tertiary/aromatic N) is 1. The summed E-state index contributed by atoms with van der Waals surface area (Å²) in [5.74, 6) is 0.769. The molecule has 4 aliphatic rings. The first-order chi connectivity index (χ1) is 20.9. The molecule has 13 heteroatoms. The van der Waals surface area contributed by atoms with E-state index >= 15 is 0 Å². The molecule has 1 aromatic carbocycles. The van der Waals surface area contributed by atoms with Gasteiger partial charge in [-0.3, -0.25) is 20.3 Å². The molecule has 2 amide bonds. The molecule has 2 bridgehead atoms. The molecular formula is C31H50BN6O6+. The average Bonchev–Trinajstić information content (AvgIpc) is 3.34. The van der Waals surface area contributed by atoms with Crippen LogP contribution in [0.15, 0.2) is 29.6 Å². The summed E-state index contributed by atoms with van der Waals surface area (Å²) in [6.45, 7) is 13.2. The van der Waals surface area contributed by atoms with E-state index in [-0.39, 0.29) is 41.9 Å². The summed E-state index contributed by atoms with van der Waals surface area (Å²) < 4.78 is 18.9. The van der Waals surface area contributed by atoms with E-state index in [9.17, 15) is 14.5 Å². The number of amides is 2. The number of carbonyl (C=O) groups excluding carboxylic acids is 2. The first kappa shape index (κ1) is 33.7. The maximum Gasteiger partial charge on any atom is 0.481 e. The second kappa shape index (κ2) is 14.3. The van der Waals surface area contributed by atoms with Gasteiger partial charge in [-0.25, -0.2) is 0 Å². The molecule has 3 aliphatic carbocycles. The number of hydrogen-bond acceptors (Lipinski definition) is 7. The van der Waals surface area contributed by atoms with Crippen LogP contribution in [0.1, 0.15) is 79.2 Å². The predicted octanol–water partition coefficient (Wildman–Crippen LogP) is 1.36. The van der Waals surface area contributed by atoms with E-state index in [0.29, 0.717) is 43.4 Å². The lowest BCUT2D eigenvalue weighted by atomic mass is 9.43. The maximum atomic E-state index is 13.8. The Morgan fingerprint density at radius 3 is 2.55 bits per heavy atom. The first-order valence-corrected chi connectivity index (χ1v) is 16.0. The van der Waals surface area contributed by atoms with Crippen molar-refractivity contribution in [3.8, 4) is 5.75 Å². The van der Waals surface area contributed by atoms with Gasteiger partial charge in [-0.2, -0.15) is 0 Å². The van der Waals surface area contributed by atoms with E-state index in [1.807, 2.05) is 24.3 Å². The maximum absolute atomic E-state index is 13.8. The topological polar surface area (TPSA) is 167 Å². The van der Waals surface area contributed by atoms with Gasteiger partial charge >= 0.3 is 13.1 Å². The SMILES string of the molecule is CCc1ccc(OCC(=O)N[C@@H](CCC[NH+]=C(N)NN=O)C(=O)N[C@@H](CC(C)C)B2O[C@@H]3C[C@@H]4C[C@@H](C4(C)C)[C@]3(C)O2)cc1.